The van der Waals surface area contributed by atoms with Crippen molar-refractivity contribution >= 4 is 69.6 Å². The Balaban J connectivity index is 1.89. The average Bonchev–Trinajstić information content (AvgIpc) is 2.95. The molecule has 1 aromatic heterocycles. The molecule has 1 saturated carbocycles. The maximum Gasteiger partial charge on any atom is 0.347 e. The van der Waals surface area contributed by atoms with E-state index in [1.54, 1.807) is 0 Å². The molecule has 4 bridgehead atoms. The van der Waals surface area contributed by atoms with E-state index in [9.17, 15) is 9.59 Å². The highest BCUT2D eigenvalue weighted by molar-refractivity contribution is 6.65. The maximum absolute atomic E-state index is 12.6. The van der Waals surface area contributed by atoms with Crippen LogP contribution < -0.4 is 11.4 Å². The van der Waals surface area contributed by atoms with Gasteiger partial charge in [0.25, 0.3) is 0 Å². The van der Waals surface area contributed by atoms with E-state index in [1.807, 2.05) is 12.2 Å². The minimum Gasteiger partial charge on any atom is -0.246 e. The van der Waals surface area contributed by atoms with Crippen molar-refractivity contribution in [2.75, 3.05) is 0 Å². The quantitative estimate of drug-likeness (QED) is 0.438. The number of hydrogen-bond donors (Lipinski definition) is 0. The van der Waals surface area contributed by atoms with Crippen LogP contribution in [0.3, 0.4) is 0 Å². The molecule has 0 aromatic carbocycles. The standard InChI is InChI=1S/C14H9Cl6N3O2/c1-21-10(24)22-4-2-3-5(23(22)11(21)25)7-6(4)12(17)8(15)9(16)13(7,18)14(12,19)20/h2-7H,1H3/t4-,5+,6+,7-,12-,13+. The normalized spacial score (nSPS) is 45.2. The lowest BCUT2D eigenvalue weighted by Gasteiger charge is -2.50. The molecule has 0 spiro atoms. The van der Waals surface area contributed by atoms with E-state index >= 15 is 0 Å². The van der Waals surface area contributed by atoms with Gasteiger partial charge in [-0.05, 0) is 0 Å². The monoisotopic (exact) mass is 461 g/mol. The van der Waals surface area contributed by atoms with E-state index in [0.29, 0.717) is 0 Å². The molecule has 0 radical (unpaired) electrons. The van der Waals surface area contributed by atoms with Gasteiger partial charge in [-0.25, -0.2) is 23.5 Å². The zero-order valence-corrected chi connectivity index (χ0v) is 16.9. The van der Waals surface area contributed by atoms with Gasteiger partial charge in [0.05, 0.1) is 22.1 Å². The molecular formula is C14H9Cl6N3O2. The summed E-state index contributed by atoms with van der Waals surface area (Å²) in [6.45, 7) is 0. The summed E-state index contributed by atoms with van der Waals surface area (Å²) in [5, 5.41) is 0.187. The Kier molecular flexibility index (Phi) is 3.08. The van der Waals surface area contributed by atoms with Crippen molar-refractivity contribution in [3.05, 3.63) is 43.2 Å². The lowest BCUT2D eigenvalue weighted by atomic mass is 9.69. The zero-order valence-electron chi connectivity index (χ0n) is 12.4. The van der Waals surface area contributed by atoms with Crippen LogP contribution in [0.2, 0.25) is 0 Å². The van der Waals surface area contributed by atoms with Crippen LogP contribution in [0.4, 0.5) is 0 Å². The molecule has 5 aliphatic rings. The predicted molar refractivity (Wildman–Crippen MR) is 98.5 cm³/mol. The van der Waals surface area contributed by atoms with Gasteiger partial charge in [-0.2, -0.15) is 0 Å². The summed E-state index contributed by atoms with van der Waals surface area (Å²) in [5.41, 5.74) is -0.897. The molecule has 0 amide bonds. The van der Waals surface area contributed by atoms with Crippen molar-refractivity contribution in [1.29, 1.82) is 0 Å². The fourth-order valence-corrected chi connectivity index (χ4v) is 8.08. The summed E-state index contributed by atoms with van der Waals surface area (Å²) in [6.07, 6.45) is 3.64. The fraction of sp³-hybridized carbons (Fsp3) is 0.571. The van der Waals surface area contributed by atoms with Crippen molar-refractivity contribution in [2.24, 2.45) is 18.9 Å². The van der Waals surface area contributed by atoms with E-state index in [-0.39, 0.29) is 10.1 Å². The van der Waals surface area contributed by atoms with Gasteiger partial charge in [0, 0.05) is 18.9 Å². The molecule has 5 nitrogen and oxygen atoms in total. The van der Waals surface area contributed by atoms with Crippen molar-refractivity contribution in [2.45, 2.75) is 26.2 Å². The molecule has 11 heteroatoms. The highest BCUT2D eigenvalue weighted by Gasteiger charge is 2.85. The largest absolute Gasteiger partial charge is 0.347 e. The first-order chi connectivity index (χ1) is 11.5. The second-order valence-corrected chi connectivity index (χ2v) is 10.1. The Hall–Kier alpha value is -0.0400. The fourth-order valence-electron chi connectivity index (χ4n) is 5.01. The van der Waals surface area contributed by atoms with E-state index in [2.05, 4.69) is 0 Å². The van der Waals surface area contributed by atoms with Crippen LogP contribution in [0.15, 0.2) is 31.8 Å². The van der Waals surface area contributed by atoms with Crippen molar-refractivity contribution in [3.63, 3.8) is 0 Å². The summed E-state index contributed by atoms with van der Waals surface area (Å²) in [7, 11) is 1.42. The van der Waals surface area contributed by atoms with Crippen molar-refractivity contribution < 1.29 is 0 Å². The molecule has 0 saturated heterocycles. The van der Waals surface area contributed by atoms with Crippen LogP contribution in [-0.2, 0) is 7.05 Å². The van der Waals surface area contributed by atoms with E-state index in [0.717, 1.165) is 4.57 Å². The smallest absolute Gasteiger partial charge is 0.246 e. The van der Waals surface area contributed by atoms with Gasteiger partial charge in [0.15, 0.2) is 4.33 Å². The van der Waals surface area contributed by atoms with Crippen LogP contribution in [0.5, 0.6) is 0 Å². The van der Waals surface area contributed by atoms with Crippen LogP contribution in [-0.4, -0.2) is 28.0 Å². The van der Waals surface area contributed by atoms with Gasteiger partial charge >= 0.3 is 11.4 Å². The number of alkyl halides is 4. The molecule has 134 valence electrons. The van der Waals surface area contributed by atoms with Crippen molar-refractivity contribution in [3.8, 4) is 0 Å². The molecule has 1 fully saturated rings. The van der Waals surface area contributed by atoms with Gasteiger partial charge in [0.2, 0.25) is 0 Å². The number of allylic oxidation sites excluding steroid dienone is 4. The second-order valence-electron chi connectivity index (χ2n) is 6.86. The van der Waals surface area contributed by atoms with E-state index < -0.39 is 49.4 Å². The van der Waals surface area contributed by atoms with Crippen LogP contribution >= 0.6 is 69.6 Å². The summed E-state index contributed by atoms with van der Waals surface area (Å²) in [6, 6.07) is -1.13. The number of nitrogens with zero attached hydrogens (tertiary/aromatic N) is 3. The second kappa shape index (κ2) is 4.50. The SMILES string of the molecule is Cn1c(=O)n2n(c1=O)[C@H]1C=C[C@@H]2[C@H]2[C@@H]1[C@]1(Cl)C(Cl)=C(Cl)[C@@]2(Cl)C1(Cl)Cl. The number of rotatable bonds is 0. The summed E-state index contributed by atoms with van der Waals surface area (Å²) >= 11 is 39.9. The van der Waals surface area contributed by atoms with Crippen molar-refractivity contribution in [1.82, 2.24) is 13.9 Å². The van der Waals surface area contributed by atoms with Gasteiger partial charge in [0.1, 0.15) is 9.75 Å². The van der Waals surface area contributed by atoms with E-state index in [4.69, 9.17) is 69.6 Å². The number of hydrogen-bond acceptors (Lipinski definition) is 2. The maximum atomic E-state index is 12.6. The minimum absolute atomic E-state index is 0.0934. The summed E-state index contributed by atoms with van der Waals surface area (Å²) in [4.78, 5) is 22.2. The van der Waals surface area contributed by atoms with Gasteiger partial charge < -0.3 is 0 Å². The lowest BCUT2D eigenvalue weighted by Crippen LogP contribution is -2.55. The van der Waals surface area contributed by atoms with Crippen LogP contribution in [0.25, 0.3) is 0 Å². The summed E-state index contributed by atoms with van der Waals surface area (Å²) in [5.74, 6) is -0.989. The first-order valence-electron chi connectivity index (χ1n) is 7.43. The molecule has 3 aliphatic carbocycles. The molecule has 3 heterocycles. The molecular weight excluding hydrogens is 455 g/mol. The number of aromatic nitrogens is 3. The Morgan fingerprint density at radius 1 is 0.840 bits per heavy atom. The Morgan fingerprint density at radius 3 is 1.56 bits per heavy atom. The number of halogens is 6. The molecule has 6 atom stereocenters. The molecule has 0 unspecified atom stereocenters. The van der Waals surface area contributed by atoms with Crippen LogP contribution in [0.1, 0.15) is 12.1 Å². The van der Waals surface area contributed by atoms with Gasteiger partial charge in [-0.15, -0.1) is 23.2 Å². The summed E-state index contributed by atoms with van der Waals surface area (Å²) < 4.78 is 2.10. The highest BCUT2D eigenvalue weighted by atomic mass is 35.5. The van der Waals surface area contributed by atoms with Crippen LogP contribution in [0, 0.1) is 11.8 Å². The Morgan fingerprint density at radius 2 is 1.20 bits per heavy atom. The molecule has 0 N–H and O–H groups in total. The Labute approximate surface area is 171 Å². The molecule has 2 aliphatic heterocycles. The molecule has 1 aromatic rings. The zero-order chi connectivity index (χ0) is 18.3. The predicted octanol–water partition coefficient (Wildman–Crippen LogP) is 3.09. The first-order valence-corrected chi connectivity index (χ1v) is 9.70. The van der Waals surface area contributed by atoms with E-state index in [1.165, 1.54) is 16.4 Å². The first kappa shape index (κ1) is 17.1. The number of fused-ring (bicyclic) bond motifs is 2. The molecule has 25 heavy (non-hydrogen) atoms. The van der Waals surface area contributed by atoms with Gasteiger partial charge in [-0.3, -0.25) is 0 Å². The Bertz CT molecular complexity index is 959. The molecule has 6 rings (SSSR count). The third-order valence-corrected chi connectivity index (χ3v) is 10.3. The minimum atomic E-state index is -1.70. The van der Waals surface area contributed by atoms with Gasteiger partial charge in [-0.1, -0.05) is 58.6 Å². The third-order valence-electron chi connectivity index (χ3n) is 6.06. The third kappa shape index (κ3) is 1.40. The highest BCUT2D eigenvalue weighted by Crippen LogP contribution is 2.80. The topological polar surface area (TPSA) is 48.9 Å². The average molecular weight is 464 g/mol. The lowest BCUT2D eigenvalue weighted by molar-refractivity contribution is 0.0973.